The molecule has 0 bridgehead atoms. The Balaban J connectivity index is 1.46. The number of aromatic nitrogens is 4. The highest BCUT2D eigenvalue weighted by Crippen LogP contribution is 2.26. The van der Waals surface area contributed by atoms with Gasteiger partial charge in [-0.25, -0.2) is 4.98 Å². The SMILES string of the molecule is CO[n+]1ccc(-c2cc(CNc3cc(-c4ccc(C#N)cc4C)ccn3)[nH]n2)cc1. The van der Waals surface area contributed by atoms with Crippen LogP contribution in [-0.4, -0.2) is 22.3 Å². The van der Waals surface area contributed by atoms with Crippen LogP contribution in [0.3, 0.4) is 0 Å². The zero-order valence-corrected chi connectivity index (χ0v) is 16.8. The number of pyridine rings is 2. The van der Waals surface area contributed by atoms with Crippen molar-refractivity contribution < 1.29 is 9.57 Å². The van der Waals surface area contributed by atoms with Gasteiger partial charge in [-0.2, -0.15) is 10.4 Å². The topological polar surface area (TPSA) is 90.5 Å². The zero-order valence-electron chi connectivity index (χ0n) is 16.8. The summed E-state index contributed by atoms with van der Waals surface area (Å²) in [5.41, 5.74) is 6.68. The molecule has 0 unspecified atom stereocenters. The molecule has 0 aliphatic carbocycles. The average molecular weight is 397 g/mol. The summed E-state index contributed by atoms with van der Waals surface area (Å²) in [5.74, 6) is 0.772. The number of nitrogens with zero attached hydrogens (tertiary/aromatic N) is 4. The molecule has 0 saturated heterocycles. The molecule has 7 heteroatoms. The van der Waals surface area contributed by atoms with Crippen LogP contribution in [-0.2, 0) is 6.54 Å². The van der Waals surface area contributed by atoms with Crippen LogP contribution in [0.25, 0.3) is 22.4 Å². The van der Waals surface area contributed by atoms with E-state index in [1.54, 1.807) is 18.0 Å². The third-order valence-electron chi connectivity index (χ3n) is 4.83. The molecular weight excluding hydrogens is 376 g/mol. The molecule has 3 aromatic heterocycles. The minimum absolute atomic E-state index is 0.570. The number of nitriles is 1. The smallest absolute Gasteiger partial charge is 0.223 e. The van der Waals surface area contributed by atoms with Crippen LogP contribution in [0.4, 0.5) is 5.82 Å². The molecule has 0 amide bonds. The van der Waals surface area contributed by atoms with Crippen LogP contribution in [0.2, 0.25) is 0 Å². The maximum atomic E-state index is 9.06. The van der Waals surface area contributed by atoms with Gasteiger partial charge in [-0.3, -0.25) is 9.94 Å². The number of hydrogen-bond donors (Lipinski definition) is 2. The summed E-state index contributed by atoms with van der Waals surface area (Å²) in [6.45, 7) is 2.58. The molecule has 30 heavy (non-hydrogen) atoms. The van der Waals surface area contributed by atoms with Gasteiger partial charge in [0.05, 0.1) is 29.6 Å². The second kappa shape index (κ2) is 8.45. The van der Waals surface area contributed by atoms with Gasteiger partial charge in [-0.1, -0.05) is 6.07 Å². The van der Waals surface area contributed by atoms with E-state index >= 15 is 0 Å². The Morgan fingerprint density at radius 2 is 1.93 bits per heavy atom. The lowest BCUT2D eigenvalue weighted by molar-refractivity contribution is -0.885. The van der Waals surface area contributed by atoms with Crippen LogP contribution in [0, 0.1) is 18.3 Å². The van der Waals surface area contributed by atoms with Crippen molar-refractivity contribution in [3.8, 4) is 28.5 Å². The number of aromatic amines is 1. The van der Waals surface area contributed by atoms with E-state index in [-0.39, 0.29) is 0 Å². The Bertz CT molecular complexity index is 1210. The van der Waals surface area contributed by atoms with Gasteiger partial charge in [0.2, 0.25) is 12.4 Å². The summed E-state index contributed by atoms with van der Waals surface area (Å²) in [5, 5.41) is 19.8. The van der Waals surface area contributed by atoms with Gasteiger partial charge in [0.15, 0.2) is 0 Å². The number of anilines is 1. The molecule has 0 saturated carbocycles. The Hall–Kier alpha value is -4.18. The summed E-state index contributed by atoms with van der Waals surface area (Å²) in [6.07, 6.45) is 5.45. The Labute approximate surface area is 174 Å². The van der Waals surface area contributed by atoms with Gasteiger partial charge < -0.3 is 5.32 Å². The monoisotopic (exact) mass is 397 g/mol. The fourth-order valence-corrected chi connectivity index (χ4v) is 3.24. The second-order valence-electron chi connectivity index (χ2n) is 6.83. The average Bonchev–Trinajstić information content (AvgIpc) is 3.27. The molecule has 0 aliphatic heterocycles. The van der Waals surface area contributed by atoms with Crippen molar-refractivity contribution in [1.29, 1.82) is 5.26 Å². The zero-order chi connectivity index (χ0) is 20.9. The normalized spacial score (nSPS) is 10.4. The molecule has 4 rings (SSSR count). The van der Waals surface area contributed by atoms with Crippen molar-refractivity contribution in [3.63, 3.8) is 0 Å². The Morgan fingerprint density at radius 1 is 1.10 bits per heavy atom. The van der Waals surface area contributed by atoms with E-state index in [1.165, 1.54) is 0 Å². The van der Waals surface area contributed by atoms with Gasteiger partial charge in [0.1, 0.15) is 12.9 Å². The maximum absolute atomic E-state index is 9.06. The van der Waals surface area contributed by atoms with Crippen molar-refractivity contribution >= 4 is 5.82 Å². The summed E-state index contributed by atoms with van der Waals surface area (Å²) >= 11 is 0. The fraction of sp³-hybridized carbons (Fsp3) is 0.130. The minimum atomic E-state index is 0.570. The number of H-pyrrole nitrogens is 1. The van der Waals surface area contributed by atoms with Gasteiger partial charge in [0, 0.05) is 28.6 Å². The molecule has 148 valence electrons. The molecule has 0 atom stereocenters. The molecule has 0 fully saturated rings. The highest BCUT2D eigenvalue weighted by atomic mass is 16.6. The summed E-state index contributed by atoms with van der Waals surface area (Å²) in [7, 11) is 1.61. The first-order valence-corrected chi connectivity index (χ1v) is 9.48. The molecule has 0 spiro atoms. The molecule has 3 heterocycles. The lowest BCUT2D eigenvalue weighted by Gasteiger charge is -2.09. The van der Waals surface area contributed by atoms with E-state index in [1.807, 2.05) is 67.8 Å². The van der Waals surface area contributed by atoms with Crippen molar-refractivity contribution in [3.05, 3.63) is 83.9 Å². The second-order valence-corrected chi connectivity index (χ2v) is 6.83. The van der Waals surface area contributed by atoms with Crippen molar-refractivity contribution in [2.45, 2.75) is 13.5 Å². The summed E-state index contributed by atoms with van der Waals surface area (Å²) in [4.78, 5) is 9.53. The summed E-state index contributed by atoms with van der Waals surface area (Å²) < 4.78 is 1.62. The van der Waals surface area contributed by atoms with E-state index in [0.717, 1.165) is 39.5 Å². The minimum Gasteiger partial charge on any atom is -0.364 e. The van der Waals surface area contributed by atoms with Gasteiger partial charge in [0.25, 0.3) is 0 Å². The molecule has 0 aliphatic rings. The van der Waals surface area contributed by atoms with Crippen molar-refractivity contribution in [1.82, 2.24) is 15.2 Å². The molecular formula is C23H21N6O+. The number of nitrogens with one attached hydrogen (secondary N) is 2. The highest BCUT2D eigenvalue weighted by Gasteiger charge is 2.08. The number of aryl methyl sites for hydroxylation is 1. The van der Waals surface area contributed by atoms with E-state index in [9.17, 15) is 0 Å². The first-order valence-electron chi connectivity index (χ1n) is 9.48. The Kier molecular flexibility index (Phi) is 5.39. The molecule has 2 N–H and O–H groups in total. The predicted octanol–water partition coefficient (Wildman–Crippen LogP) is 3.28. The van der Waals surface area contributed by atoms with Gasteiger partial charge >= 0.3 is 0 Å². The fourth-order valence-electron chi connectivity index (χ4n) is 3.24. The first-order chi connectivity index (χ1) is 14.7. The number of rotatable bonds is 6. The Morgan fingerprint density at radius 3 is 2.67 bits per heavy atom. The molecule has 4 aromatic rings. The summed E-state index contributed by atoms with van der Waals surface area (Å²) in [6, 6.07) is 17.8. The van der Waals surface area contributed by atoms with Gasteiger partial charge in [-0.15, -0.1) is 0 Å². The van der Waals surface area contributed by atoms with E-state index in [2.05, 4.69) is 26.6 Å². The maximum Gasteiger partial charge on any atom is 0.223 e. The van der Waals surface area contributed by atoms with Crippen LogP contribution in [0.5, 0.6) is 0 Å². The van der Waals surface area contributed by atoms with Crippen LogP contribution < -0.4 is 14.9 Å². The van der Waals surface area contributed by atoms with E-state index in [4.69, 9.17) is 10.1 Å². The third-order valence-corrected chi connectivity index (χ3v) is 4.83. The molecule has 7 nitrogen and oxygen atoms in total. The van der Waals surface area contributed by atoms with E-state index in [0.29, 0.717) is 12.1 Å². The third kappa shape index (κ3) is 4.13. The predicted molar refractivity (Wildman–Crippen MR) is 113 cm³/mol. The largest absolute Gasteiger partial charge is 0.364 e. The molecule has 0 radical (unpaired) electrons. The van der Waals surface area contributed by atoms with Gasteiger partial charge in [-0.05, 0) is 53.9 Å². The molecule has 1 aromatic carbocycles. The van der Waals surface area contributed by atoms with E-state index < -0.39 is 0 Å². The first kappa shape index (κ1) is 19.2. The van der Waals surface area contributed by atoms with Crippen molar-refractivity contribution in [2.24, 2.45) is 0 Å². The number of benzene rings is 1. The van der Waals surface area contributed by atoms with Crippen LogP contribution >= 0.6 is 0 Å². The lowest BCUT2D eigenvalue weighted by atomic mass is 9.99. The standard InChI is InChI=1S/C23H20N6O/c1-16-11-17(14-24)3-4-21(16)19-5-8-25-23(12-19)26-15-20-13-22(28-27-20)18-6-9-29(30-2)10-7-18/h3-13H,15H2,1-2H3,(H,25,26)/p+1. The van der Waals surface area contributed by atoms with Crippen LogP contribution in [0.1, 0.15) is 16.8 Å². The highest BCUT2D eigenvalue weighted by molar-refractivity contribution is 5.70. The van der Waals surface area contributed by atoms with Crippen LogP contribution in [0.15, 0.2) is 67.1 Å². The quantitative estimate of drug-likeness (QED) is 0.487. The van der Waals surface area contributed by atoms with Crippen molar-refractivity contribution in [2.75, 3.05) is 12.4 Å². The lowest BCUT2D eigenvalue weighted by Crippen LogP contribution is -2.39. The number of hydrogen-bond acceptors (Lipinski definition) is 5.